The van der Waals surface area contributed by atoms with Gasteiger partial charge in [0.2, 0.25) is 5.88 Å². The molecule has 0 saturated heterocycles. The zero-order valence-corrected chi connectivity index (χ0v) is 18.6. The van der Waals surface area contributed by atoms with E-state index < -0.39 is 22.3 Å². The quantitative estimate of drug-likeness (QED) is 0.334. The van der Waals surface area contributed by atoms with Gasteiger partial charge in [0.1, 0.15) is 5.69 Å². The molecule has 32 heavy (non-hydrogen) atoms. The molecule has 0 fully saturated rings. The Hall–Kier alpha value is -3.23. The number of carbonyl (C=O) groups is 1. The zero-order valence-electron chi connectivity index (χ0n) is 17.8. The number of methoxy groups -OCH3 is 1. The molecule has 2 rings (SSSR count). The van der Waals surface area contributed by atoms with Crippen molar-refractivity contribution in [1.29, 1.82) is 0 Å². The number of amides is 1. The molecular weight excluding hydrogens is 440 g/mol. The van der Waals surface area contributed by atoms with Gasteiger partial charge >= 0.3 is 0 Å². The molecule has 1 amide bonds. The molecule has 2 aromatic rings. The molecule has 0 bridgehead atoms. The average molecular weight is 464 g/mol. The average Bonchev–Trinajstić information content (AvgIpc) is 2.75. The van der Waals surface area contributed by atoms with E-state index in [9.17, 15) is 13.6 Å². The molecule has 1 atom stereocenters. The van der Waals surface area contributed by atoms with Crippen molar-refractivity contribution in [2.45, 2.75) is 18.1 Å². The molecule has 0 aliphatic heterocycles. The van der Waals surface area contributed by atoms with Crippen molar-refractivity contribution < 1.29 is 23.0 Å². The van der Waals surface area contributed by atoms with Crippen molar-refractivity contribution in [3.8, 4) is 18.2 Å². The first kappa shape index (κ1) is 25.0. The van der Waals surface area contributed by atoms with Crippen LogP contribution in [0.3, 0.4) is 0 Å². The van der Waals surface area contributed by atoms with Gasteiger partial charge in [0.25, 0.3) is 5.91 Å². The molecule has 1 aromatic heterocycles. The summed E-state index contributed by atoms with van der Waals surface area (Å²) in [5.41, 5.74) is 5.86. The maximum Gasteiger partial charge on any atom is 0.275 e. The lowest BCUT2D eigenvalue weighted by atomic mass is 9.99. The van der Waals surface area contributed by atoms with Crippen LogP contribution in [0.1, 0.15) is 23.0 Å². The van der Waals surface area contributed by atoms with Gasteiger partial charge in [-0.2, -0.15) is 0 Å². The summed E-state index contributed by atoms with van der Waals surface area (Å²) in [7, 11) is 3.03. The fourth-order valence-electron chi connectivity index (χ4n) is 2.79. The van der Waals surface area contributed by atoms with Crippen LogP contribution < -0.4 is 15.8 Å². The summed E-state index contributed by atoms with van der Waals surface area (Å²) in [6.45, 7) is 2.00. The van der Waals surface area contributed by atoms with Crippen LogP contribution in [-0.4, -0.2) is 53.2 Å². The highest BCUT2D eigenvalue weighted by Gasteiger charge is 2.29. The zero-order chi connectivity index (χ0) is 23.7. The van der Waals surface area contributed by atoms with Crippen LogP contribution in [0.4, 0.5) is 14.5 Å². The molecule has 0 aliphatic rings. The number of aromatic nitrogens is 2. The van der Waals surface area contributed by atoms with Crippen molar-refractivity contribution in [2.24, 2.45) is 10.7 Å². The third-order valence-corrected chi connectivity index (χ3v) is 5.26. The Kier molecular flexibility index (Phi) is 8.92. The monoisotopic (exact) mass is 463 g/mol. The molecule has 8 nitrogen and oxygen atoms in total. The molecule has 0 radical (unpaired) electrons. The normalized spacial score (nSPS) is 13.2. The van der Waals surface area contributed by atoms with E-state index in [0.29, 0.717) is 0 Å². The number of ether oxygens (including phenoxy) is 2. The molecule has 3 N–H and O–H groups in total. The smallest absolute Gasteiger partial charge is 0.275 e. The van der Waals surface area contributed by atoms with E-state index in [1.807, 2.05) is 0 Å². The van der Waals surface area contributed by atoms with E-state index in [0.717, 1.165) is 6.07 Å². The number of nitrogens with zero attached hydrogens (tertiary/aromatic N) is 3. The summed E-state index contributed by atoms with van der Waals surface area (Å²) in [4.78, 5) is 24.2. The van der Waals surface area contributed by atoms with Gasteiger partial charge in [-0.1, -0.05) is 17.7 Å². The molecule has 11 heteroatoms. The second-order valence-corrected chi connectivity index (χ2v) is 8.45. The van der Waals surface area contributed by atoms with Gasteiger partial charge in [-0.3, -0.25) is 9.79 Å². The molecular formula is C21H23F2N5O3S. The fraction of sp³-hybridized carbons (Fsp3) is 0.333. The summed E-state index contributed by atoms with van der Waals surface area (Å²) < 4.78 is 38.4. The molecule has 1 heterocycles. The van der Waals surface area contributed by atoms with Gasteiger partial charge in [0.05, 0.1) is 19.0 Å². The van der Waals surface area contributed by atoms with Crippen LogP contribution in [0.5, 0.6) is 5.88 Å². The molecule has 0 unspecified atom stereocenters. The van der Waals surface area contributed by atoms with Gasteiger partial charge in [-0.25, -0.2) is 18.7 Å². The van der Waals surface area contributed by atoms with Crippen LogP contribution in [-0.2, 0) is 11.2 Å². The summed E-state index contributed by atoms with van der Waals surface area (Å²) in [6.07, 6.45) is 7.57. The first-order valence-electron chi connectivity index (χ1n) is 9.29. The first-order valence-corrected chi connectivity index (χ1v) is 10.1. The lowest BCUT2D eigenvalue weighted by Crippen LogP contribution is -2.33. The van der Waals surface area contributed by atoms with Crippen molar-refractivity contribution in [2.75, 3.05) is 32.7 Å². The number of terminal acetylenes is 1. The van der Waals surface area contributed by atoms with Crippen molar-refractivity contribution in [3.63, 3.8) is 0 Å². The number of hydrogen-bond donors (Lipinski definition) is 2. The maximum absolute atomic E-state index is 14.5. The fourth-order valence-corrected chi connectivity index (χ4v) is 3.79. The molecule has 170 valence electrons. The minimum Gasteiger partial charge on any atom is -0.463 e. The SMILES string of the molecule is C#CCOc1cnc(C(=O)Nc2cc(F)c(F)c(C[C@](C)(COC)SC(N)=NC)c2)cn1. The number of anilines is 1. The second kappa shape index (κ2) is 11.4. The Morgan fingerprint density at radius 2 is 2.12 bits per heavy atom. The number of hydrogen-bond acceptors (Lipinski definition) is 7. The molecule has 0 spiro atoms. The number of nitrogens with one attached hydrogen (secondary N) is 1. The summed E-state index contributed by atoms with van der Waals surface area (Å²) in [6, 6.07) is 2.24. The van der Waals surface area contributed by atoms with Gasteiger partial charge < -0.3 is 20.5 Å². The third kappa shape index (κ3) is 6.90. The van der Waals surface area contributed by atoms with Crippen LogP contribution in [0, 0.1) is 24.0 Å². The van der Waals surface area contributed by atoms with Crippen molar-refractivity contribution >= 4 is 28.5 Å². The first-order chi connectivity index (χ1) is 15.2. The largest absolute Gasteiger partial charge is 0.463 e. The van der Waals surface area contributed by atoms with Crippen LogP contribution in [0.15, 0.2) is 29.5 Å². The van der Waals surface area contributed by atoms with Crippen LogP contribution in [0.2, 0.25) is 0 Å². The van der Waals surface area contributed by atoms with E-state index in [2.05, 4.69) is 26.2 Å². The number of halogens is 2. The highest BCUT2D eigenvalue weighted by Crippen LogP contribution is 2.32. The Balaban J connectivity index is 2.23. The number of nitrogens with two attached hydrogens (primary N) is 1. The van der Waals surface area contributed by atoms with Crippen LogP contribution in [0.25, 0.3) is 0 Å². The molecule has 0 saturated carbocycles. The van der Waals surface area contributed by atoms with E-state index in [1.54, 1.807) is 6.92 Å². The standard InChI is InChI=1S/C21H23F2N5O3S/c1-5-6-31-17-11-26-16(10-27-17)19(29)28-14-7-13(18(23)15(22)8-14)9-21(2,12-30-4)32-20(24)25-3/h1,7-8,10-11H,6,9,12H2,2-4H3,(H2,24,25)(H,28,29)/t21-/m1/s1. The van der Waals surface area contributed by atoms with E-state index >= 15 is 0 Å². The Labute approximate surface area is 189 Å². The van der Waals surface area contributed by atoms with E-state index in [1.165, 1.54) is 44.4 Å². The Morgan fingerprint density at radius 3 is 2.72 bits per heavy atom. The lowest BCUT2D eigenvalue weighted by molar-refractivity contribution is 0.102. The van der Waals surface area contributed by atoms with Gasteiger partial charge in [0.15, 0.2) is 23.4 Å². The summed E-state index contributed by atoms with van der Waals surface area (Å²) in [5, 5.41) is 2.77. The molecule has 0 aliphatic carbocycles. The summed E-state index contributed by atoms with van der Waals surface area (Å²) in [5.74, 6) is -0.353. The summed E-state index contributed by atoms with van der Waals surface area (Å²) >= 11 is 1.19. The number of benzene rings is 1. The highest BCUT2D eigenvalue weighted by atomic mass is 32.2. The second-order valence-electron chi connectivity index (χ2n) is 6.84. The number of rotatable bonds is 9. The van der Waals surface area contributed by atoms with Crippen LogP contribution >= 0.6 is 11.8 Å². The van der Waals surface area contributed by atoms with Crippen molar-refractivity contribution in [1.82, 2.24) is 9.97 Å². The lowest BCUT2D eigenvalue weighted by Gasteiger charge is -2.28. The highest BCUT2D eigenvalue weighted by molar-refractivity contribution is 8.15. The Morgan fingerprint density at radius 1 is 1.38 bits per heavy atom. The number of amidine groups is 1. The van der Waals surface area contributed by atoms with Crippen molar-refractivity contribution in [3.05, 3.63) is 47.4 Å². The maximum atomic E-state index is 14.5. The van der Waals surface area contributed by atoms with E-state index in [4.69, 9.17) is 21.6 Å². The van der Waals surface area contributed by atoms with E-state index in [-0.39, 0.29) is 47.6 Å². The molecule has 1 aromatic carbocycles. The predicted octanol–water partition coefficient (Wildman–Crippen LogP) is 2.64. The van der Waals surface area contributed by atoms with Gasteiger partial charge in [-0.15, -0.1) is 6.42 Å². The Bertz CT molecular complexity index is 1030. The minimum atomic E-state index is -1.11. The topological polar surface area (TPSA) is 112 Å². The minimum absolute atomic E-state index is 0.00783. The number of thioether (sulfide) groups is 1. The van der Waals surface area contributed by atoms with Gasteiger partial charge in [-0.05, 0) is 25.0 Å². The predicted molar refractivity (Wildman–Crippen MR) is 120 cm³/mol. The number of carbonyl (C=O) groups excluding carboxylic acids is 1. The van der Waals surface area contributed by atoms with Gasteiger partial charge in [0, 0.05) is 30.7 Å². The third-order valence-electron chi connectivity index (χ3n) is 4.11. The number of aliphatic imine (C=N–C) groups is 1.